The maximum atomic E-state index is 10.5. The first-order valence-corrected chi connectivity index (χ1v) is 7.49. The van der Waals surface area contributed by atoms with E-state index in [9.17, 15) is 39.0 Å². The van der Waals surface area contributed by atoms with E-state index < -0.39 is 69.2 Å². The fourth-order valence-electron chi connectivity index (χ4n) is 1.98. The summed E-state index contributed by atoms with van der Waals surface area (Å²) >= 11 is 0. The standard InChI is InChI=1S/2C9H6O6.Co.4H2O/c2*10-7(11)4-1-5(8(12)13)3-6(2-4)9(14)15;;;;;/h2*1-3H,(H,10,11)(H,12,13)(H,14,15);;4*1H2/q;;+2;;;;/p+2. The molecule has 195 valence electrons. The van der Waals surface area contributed by atoms with Crippen molar-refractivity contribution in [2.24, 2.45) is 0 Å². The van der Waals surface area contributed by atoms with Crippen LogP contribution in [0.15, 0.2) is 36.4 Å². The Labute approximate surface area is 204 Å². The van der Waals surface area contributed by atoms with Gasteiger partial charge in [0.15, 0.2) is 0 Å². The molecule has 2 aromatic carbocycles. The fourth-order valence-corrected chi connectivity index (χ4v) is 1.98. The average molecular weight is 553 g/mol. The second-order valence-corrected chi connectivity index (χ2v) is 5.39. The number of benzene rings is 2. The summed E-state index contributed by atoms with van der Waals surface area (Å²) in [4.78, 5) is 63.1. The molecule has 16 N–H and O–H groups in total. The average Bonchev–Trinajstić information content (AvgIpc) is 2.67. The third-order valence-corrected chi connectivity index (χ3v) is 3.33. The molecule has 0 amide bonds. The van der Waals surface area contributed by atoms with Crippen molar-refractivity contribution in [2.75, 3.05) is 0 Å². The first kappa shape index (κ1) is 40.9. The van der Waals surface area contributed by atoms with Crippen LogP contribution < -0.4 is 10.2 Å². The summed E-state index contributed by atoms with van der Waals surface area (Å²) < 4.78 is 0. The molecule has 0 heterocycles. The molecule has 0 aliphatic rings. The van der Waals surface area contributed by atoms with Crippen LogP contribution in [0.2, 0.25) is 0 Å². The van der Waals surface area contributed by atoms with Crippen molar-refractivity contribution in [3.8, 4) is 0 Å². The summed E-state index contributed by atoms with van der Waals surface area (Å²) in [6, 6.07) is 5.09. The molecule has 0 atom stereocenters. The summed E-state index contributed by atoms with van der Waals surface area (Å²) in [5.74, 6) is -8.86. The Bertz CT molecular complexity index is 835. The number of aromatic carboxylic acids is 6. The molecule has 0 aliphatic carbocycles. The van der Waals surface area contributed by atoms with E-state index in [4.69, 9.17) is 20.4 Å². The molecule has 0 saturated heterocycles. The van der Waals surface area contributed by atoms with E-state index in [-0.39, 0.29) is 38.7 Å². The van der Waals surface area contributed by atoms with Crippen molar-refractivity contribution in [3.63, 3.8) is 0 Å². The molecule has 0 bridgehead atoms. The molecule has 0 unspecified atom stereocenters. The van der Waals surface area contributed by atoms with Crippen molar-refractivity contribution in [1.29, 1.82) is 0 Å². The molecular weight excluding hydrogens is 531 g/mol. The van der Waals surface area contributed by atoms with Crippen molar-refractivity contribution >= 4 is 35.8 Å². The molecular formula is C18H22CoO16+4. The monoisotopic (exact) mass is 553 g/mol. The van der Waals surface area contributed by atoms with Crippen molar-refractivity contribution in [3.05, 3.63) is 69.8 Å². The molecule has 1 radical (unpaired) electrons. The van der Waals surface area contributed by atoms with Gasteiger partial charge in [-0.05, 0) is 47.5 Å². The van der Waals surface area contributed by atoms with E-state index in [0.717, 1.165) is 36.4 Å². The Morgan fingerprint density at radius 1 is 0.429 bits per heavy atom. The van der Waals surface area contributed by atoms with E-state index in [0.29, 0.717) is 0 Å². The van der Waals surface area contributed by atoms with Crippen LogP contribution in [0.4, 0.5) is 0 Å². The Balaban J connectivity index is -0.000000150. The minimum atomic E-state index is -1.62. The SMILES string of the molecule is O=C([O-])c1cc(C(=O)O)cc(C(=O)O)c1.O=C([O-])c1cc(C(=O)O)cc(C(=O)O)c1.[Co+2].[OH3+].[OH3+].[OH3+].[OH3+]. The molecule has 17 heteroatoms. The number of carboxylic acid groups (broad SMARTS) is 6. The van der Waals surface area contributed by atoms with Gasteiger partial charge in [0, 0.05) is 0 Å². The molecule has 2 aromatic rings. The minimum Gasteiger partial charge on any atom is -0.545 e. The van der Waals surface area contributed by atoms with Crippen LogP contribution in [0.25, 0.3) is 0 Å². The van der Waals surface area contributed by atoms with Crippen LogP contribution in [0.3, 0.4) is 0 Å². The van der Waals surface area contributed by atoms with Crippen LogP contribution in [0, 0.1) is 0 Å². The number of carboxylic acids is 6. The van der Waals surface area contributed by atoms with Gasteiger partial charge in [-0.3, -0.25) is 0 Å². The maximum Gasteiger partial charge on any atom is 2.00 e. The largest absolute Gasteiger partial charge is 2.00 e. The molecule has 0 aliphatic heterocycles. The van der Waals surface area contributed by atoms with Gasteiger partial charge in [-0.15, -0.1) is 0 Å². The molecule has 0 saturated carbocycles. The van der Waals surface area contributed by atoms with Gasteiger partial charge < -0.3 is 62.1 Å². The van der Waals surface area contributed by atoms with Gasteiger partial charge in [0.25, 0.3) is 0 Å². The van der Waals surface area contributed by atoms with E-state index in [1.165, 1.54) is 0 Å². The van der Waals surface area contributed by atoms with Gasteiger partial charge in [-0.2, -0.15) is 0 Å². The van der Waals surface area contributed by atoms with Gasteiger partial charge >= 0.3 is 40.7 Å². The first-order chi connectivity index (χ1) is 13.8. The van der Waals surface area contributed by atoms with Crippen LogP contribution in [0.1, 0.15) is 62.1 Å². The van der Waals surface area contributed by atoms with Crippen molar-refractivity contribution < 1.29 is 98.1 Å². The Kier molecular flexibility index (Phi) is 20.0. The first-order valence-electron chi connectivity index (χ1n) is 7.49. The number of carbonyl (C=O) groups is 6. The quantitative estimate of drug-likeness (QED) is 0.245. The Morgan fingerprint density at radius 2 is 0.571 bits per heavy atom. The second-order valence-electron chi connectivity index (χ2n) is 5.39. The van der Waals surface area contributed by atoms with Crippen LogP contribution in [0.5, 0.6) is 0 Å². The molecule has 0 fully saturated rings. The maximum absolute atomic E-state index is 10.5. The molecule has 0 aromatic heterocycles. The topological polar surface area (TPSA) is 361 Å². The van der Waals surface area contributed by atoms with E-state index >= 15 is 0 Å². The van der Waals surface area contributed by atoms with Crippen LogP contribution in [-0.4, -0.2) is 56.2 Å². The Hall–Kier alpha value is -4.39. The van der Waals surface area contributed by atoms with E-state index in [1.54, 1.807) is 0 Å². The summed E-state index contributed by atoms with van der Waals surface area (Å²) in [7, 11) is 0. The third kappa shape index (κ3) is 11.9. The zero-order valence-corrected chi connectivity index (χ0v) is 18.2. The van der Waals surface area contributed by atoms with Gasteiger partial charge in [0.1, 0.15) is 0 Å². The second kappa shape index (κ2) is 17.1. The number of hydrogen-bond donors (Lipinski definition) is 4. The minimum absolute atomic E-state index is 0. The predicted molar refractivity (Wildman–Crippen MR) is 109 cm³/mol. The van der Waals surface area contributed by atoms with Crippen molar-refractivity contribution in [1.82, 2.24) is 0 Å². The predicted octanol–water partition coefficient (Wildman–Crippen LogP) is -4.80. The smallest absolute Gasteiger partial charge is 0.545 e. The number of hydrogen-bond acceptors (Lipinski definition) is 8. The zero-order valence-electron chi connectivity index (χ0n) is 17.2. The summed E-state index contributed by atoms with van der Waals surface area (Å²) in [5, 5.41) is 55.3. The molecule has 2 rings (SSSR count). The van der Waals surface area contributed by atoms with Gasteiger partial charge in [-0.1, -0.05) is 0 Å². The fraction of sp³-hybridized carbons (Fsp3) is 0. The van der Waals surface area contributed by atoms with Crippen molar-refractivity contribution in [2.45, 2.75) is 0 Å². The van der Waals surface area contributed by atoms with Crippen LogP contribution in [-0.2, 0) is 38.7 Å². The zero-order chi connectivity index (χ0) is 23.2. The van der Waals surface area contributed by atoms with Gasteiger partial charge in [-0.25, -0.2) is 19.2 Å². The molecule has 35 heavy (non-hydrogen) atoms. The summed E-state index contributed by atoms with van der Waals surface area (Å²) in [6.07, 6.45) is 0. The van der Waals surface area contributed by atoms with Gasteiger partial charge in [0.05, 0.1) is 34.2 Å². The molecule has 0 spiro atoms. The van der Waals surface area contributed by atoms with E-state index in [2.05, 4.69) is 0 Å². The normalized spacial score (nSPS) is 8.23. The molecule has 16 nitrogen and oxygen atoms in total. The van der Waals surface area contributed by atoms with Crippen LogP contribution >= 0.6 is 0 Å². The van der Waals surface area contributed by atoms with E-state index in [1.807, 2.05) is 0 Å². The third-order valence-electron chi connectivity index (χ3n) is 3.33. The summed E-state index contributed by atoms with van der Waals surface area (Å²) in [6.45, 7) is 0. The number of rotatable bonds is 6. The van der Waals surface area contributed by atoms with Gasteiger partial charge in [0.2, 0.25) is 0 Å². The summed E-state index contributed by atoms with van der Waals surface area (Å²) in [5.41, 5.74) is -2.59. The number of carbonyl (C=O) groups excluding carboxylic acids is 2. The Morgan fingerprint density at radius 3 is 0.686 bits per heavy atom.